The molecule has 8 nitrogen and oxygen atoms in total. The van der Waals surface area contributed by atoms with Gasteiger partial charge in [0.05, 0.1) is 25.4 Å². The Morgan fingerprint density at radius 3 is 2.82 bits per heavy atom. The molecule has 1 amide bonds. The standard InChI is InChI=1S/C17H21F2N3O5S/c1-9(20-16(23)24)6-25-11-4-10(5-11)7-26-14-3-2-12-15(22-14)28-17(21-12)27-8-13(18)19/h2-3,9-11,13,20H,4-8H2,1H3,(H,23,24)/t9-,10-,11-/m0/s1. The summed E-state index contributed by atoms with van der Waals surface area (Å²) in [6.07, 6.45) is -1.82. The molecule has 1 fully saturated rings. The monoisotopic (exact) mass is 417 g/mol. The topological polar surface area (TPSA) is 103 Å². The molecule has 154 valence electrons. The Bertz CT molecular complexity index is 800. The second-order valence-corrected chi connectivity index (χ2v) is 7.55. The van der Waals surface area contributed by atoms with E-state index in [-0.39, 0.29) is 17.3 Å². The number of hydrogen-bond acceptors (Lipinski definition) is 7. The quantitative estimate of drug-likeness (QED) is 0.612. The molecular weight excluding hydrogens is 396 g/mol. The van der Waals surface area contributed by atoms with Gasteiger partial charge in [-0.2, -0.15) is 0 Å². The number of thiazole rings is 1. The lowest BCUT2D eigenvalue weighted by atomic mass is 9.83. The number of fused-ring (bicyclic) bond motifs is 1. The SMILES string of the molecule is C[C@@H](CO[C@H]1C[C@H](COc2ccc3nc(OCC(F)F)sc3n2)C1)NC(=O)O. The Hall–Kier alpha value is -2.27. The summed E-state index contributed by atoms with van der Waals surface area (Å²) in [5.41, 5.74) is 0.572. The molecule has 0 aromatic carbocycles. The zero-order valence-corrected chi connectivity index (χ0v) is 16.0. The molecule has 1 aliphatic rings. The van der Waals surface area contributed by atoms with Crippen LogP contribution in [0.25, 0.3) is 10.3 Å². The predicted octanol–water partition coefficient (Wildman–Crippen LogP) is 3.17. The van der Waals surface area contributed by atoms with Crippen molar-refractivity contribution in [3.63, 3.8) is 0 Å². The fraction of sp³-hybridized carbons (Fsp3) is 0.588. The first-order chi connectivity index (χ1) is 13.4. The van der Waals surface area contributed by atoms with E-state index >= 15 is 0 Å². The van der Waals surface area contributed by atoms with Gasteiger partial charge in [-0.05, 0) is 31.7 Å². The lowest BCUT2D eigenvalue weighted by Gasteiger charge is -2.35. The van der Waals surface area contributed by atoms with Crippen LogP contribution in [0, 0.1) is 5.92 Å². The van der Waals surface area contributed by atoms with Crippen molar-refractivity contribution in [3.8, 4) is 11.1 Å². The Morgan fingerprint density at radius 1 is 1.32 bits per heavy atom. The summed E-state index contributed by atoms with van der Waals surface area (Å²) in [6.45, 7) is 1.89. The summed E-state index contributed by atoms with van der Waals surface area (Å²) in [5.74, 6) is 0.789. The van der Waals surface area contributed by atoms with Gasteiger partial charge >= 0.3 is 6.09 Å². The zero-order valence-electron chi connectivity index (χ0n) is 15.1. The van der Waals surface area contributed by atoms with Crippen LogP contribution in [0.2, 0.25) is 0 Å². The molecule has 2 N–H and O–H groups in total. The van der Waals surface area contributed by atoms with E-state index in [2.05, 4.69) is 15.3 Å². The summed E-state index contributed by atoms with van der Waals surface area (Å²) >= 11 is 1.10. The molecule has 0 aliphatic heterocycles. The van der Waals surface area contributed by atoms with Crippen molar-refractivity contribution in [2.75, 3.05) is 19.8 Å². The smallest absolute Gasteiger partial charge is 0.404 e. The highest BCUT2D eigenvalue weighted by atomic mass is 32.1. The van der Waals surface area contributed by atoms with Crippen LogP contribution in [-0.2, 0) is 4.74 Å². The molecule has 2 heterocycles. The van der Waals surface area contributed by atoms with Crippen LogP contribution in [0.15, 0.2) is 12.1 Å². The highest BCUT2D eigenvalue weighted by Gasteiger charge is 2.31. The number of rotatable bonds is 10. The van der Waals surface area contributed by atoms with E-state index < -0.39 is 19.1 Å². The van der Waals surface area contributed by atoms with Gasteiger partial charge in [0.15, 0.2) is 11.4 Å². The second-order valence-electron chi connectivity index (χ2n) is 6.61. The average molecular weight is 417 g/mol. The Morgan fingerprint density at radius 2 is 2.11 bits per heavy atom. The molecule has 11 heteroatoms. The fourth-order valence-corrected chi connectivity index (χ4v) is 3.53. The van der Waals surface area contributed by atoms with Gasteiger partial charge in [0, 0.05) is 6.07 Å². The first kappa shape index (κ1) is 20.5. The summed E-state index contributed by atoms with van der Waals surface area (Å²) in [4.78, 5) is 19.5. The van der Waals surface area contributed by atoms with Gasteiger partial charge in [-0.25, -0.2) is 23.5 Å². The van der Waals surface area contributed by atoms with Crippen molar-refractivity contribution >= 4 is 27.8 Å². The van der Waals surface area contributed by atoms with Crippen molar-refractivity contribution in [2.24, 2.45) is 5.92 Å². The van der Waals surface area contributed by atoms with Gasteiger partial charge in [0.25, 0.3) is 11.6 Å². The molecule has 1 atom stereocenters. The molecule has 2 aromatic rings. The van der Waals surface area contributed by atoms with Crippen LogP contribution in [0.5, 0.6) is 11.1 Å². The number of carboxylic acid groups (broad SMARTS) is 1. The van der Waals surface area contributed by atoms with Gasteiger partial charge in [-0.1, -0.05) is 11.3 Å². The number of amides is 1. The van der Waals surface area contributed by atoms with E-state index in [1.54, 1.807) is 19.1 Å². The molecule has 1 saturated carbocycles. The Balaban J connectivity index is 1.39. The zero-order chi connectivity index (χ0) is 20.1. The largest absolute Gasteiger partial charge is 0.477 e. The highest BCUT2D eigenvalue weighted by Crippen LogP contribution is 2.32. The van der Waals surface area contributed by atoms with E-state index in [0.717, 1.165) is 24.2 Å². The lowest BCUT2D eigenvalue weighted by molar-refractivity contribution is -0.0474. The summed E-state index contributed by atoms with van der Waals surface area (Å²) in [7, 11) is 0. The van der Waals surface area contributed by atoms with Crippen LogP contribution in [0.1, 0.15) is 19.8 Å². The van der Waals surface area contributed by atoms with Gasteiger partial charge in [-0.3, -0.25) is 0 Å². The number of aromatic nitrogens is 2. The predicted molar refractivity (Wildman–Crippen MR) is 97.5 cm³/mol. The lowest BCUT2D eigenvalue weighted by Crippen LogP contribution is -2.40. The minimum absolute atomic E-state index is 0.109. The Labute approximate surface area is 163 Å². The third-order valence-corrected chi connectivity index (χ3v) is 5.03. The number of hydrogen-bond donors (Lipinski definition) is 2. The second kappa shape index (κ2) is 9.28. The summed E-state index contributed by atoms with van der Waals surface area (Å²) < 4.78 is 40.7. The van der Waals surface area contributed by atoms with Crippen molar-refractivity contribution in [2.45, 2.75) is 38.3 Å². The highest BCUT2D eigenvalue weighted by molar-refractivity contribution is 7.19. The van der Waals surface area contributed by atoms with E-state index in [4.69, 9.17) is 19.3 Å². The fourth-order valence-electron chi connectivity index (χ4n) is 2.74. The number of ether oxygens (including phenoxy) is 3. The van der Waals surface area contributed by atoms with Gasteiger partial charge in [-0.15, -0.1) is 0 Å². The maximum absolute atomic E-state index is 12.2. The van der Waals surface area contributed by atoms with Crippen LogP contribution >= 0.6 is 11.3 Å². The molecule has 0 spiro atoms. The van der Waals surface area contributed by atoms with E-state index in [1.165, 1.54) is 0 Å². The molecule has 3 rings (SSSR count). The summed E-state index contributed by atoms with van der Waals surface area (Å²) in [5, 5.41) is 11.1. The van der Waals surface area contributed by atoms with E-state index in [1.807, 2.05) is 0 Å². The van der Waals surface area contributed by atoms with Gasteiger partial charge in [0.1, 0.15) is 5.52 Å². The number of halogens is 2. The van der Waals surface area contributed by atoms with Crippen LogP contribution in [0.3, 0.4) is 0 Å². The van der Waals surface area contributed by atoms with Crippen LogP contribution in [-0.4, -0.2) is 59.6 Å². The number of alkyl halides is 2. The van der Waals surface area contributed by atoms with Crippen molar-refractivity contribution < 1.29 is 32.9 Å². The van der Waals surface area contributed by atoms with Crippen LogP contribution < -0.4 is 14.8 Å². The molecule has 1 aliphatic carbocycles. The minimum Gasteiger partial charge on any atom is -0.477 e. The number of pyridine rings is 1. The first-order valence-electron chi connectivity index (χ1n) is 8.81. The first-order valence-corrected chi connectivity index (χ1v) is 9.63. The number of nitrogens with one attached hydrogen (secondary N) is 1. The molecule has 0 bridgehead atoms. The van der Waals surface area contributed by atoms with E-state index in [0.29, 0.717) is 35.4 Å². The molecule has 0 unspecified atom stereocenters. The summed E-state index contributed by atoms with van der Waals surface area (Å²) in [6, 6.07) is 3.15. The molecule has 0 radical (unpaired) electrons. The van der Waals surface area contributed by atoms with Crippen LogP contribution in [0.4, 0.5) is 13.6 Å². The number of nitrogens with zero attached hydrogens (tertiary/aromatic N) is 2. The molecule has 0 saturated heterocycles. The van der Waals surface area contributed by atoms with E-state index in [9.17, 15) is 13.6 Å². The normalized spacial score (nSPS) is 20.0. The third kappa shape index (κ3) is 5.86. The maximum atomic E-state index is 12.2. The van der Waals surface area contributed by atoms with Crippen molar-refractivity contribution in [1.82, 2.24) is 15.3 Å². The van der Waals surface area contributed by atoms with Gasteiger partial charge in [0.2, 0.25) is 5.88 Å². The molecule has 2 aromatic heterocycles. The molecular formula is C17H21F2N3O5S. The molecule has 28 heavy (non-hydrogen) atoms. The van der Waals surface area contributed by atoms with Gasteiger partial charge < -0.3 is 24.6 Å². The Kier molecular flexibility index (Phi) is 6.79. The number of carbonyl (C=O) groups is 1. The minimum atomic E-state index is -2.55. The average Bonchev–Trinajstić information content (AvgIpc) is 2.99. The third-order valence-electron chi connectivity index (χ3n) is 4.15. The maximum Gasteiger partial charge on any atom is 0.404 e. The van der Waals surface area contributed by atoms with Crippen molar-refractivity contribution in [1.29, 1.82) is 0 Å². The van der Waals surface area contributed by atoms with Crippen molar-refractivity contribution in [3.05, 3.63) is 12.1 Å².